The third-order valence-electron chi connectivity index (χ3n) is 3.75. The van der Waals surface area contributed by atoms with Crippen molar-refractivity contribution in [2.75, 3.05) is 18.5 Å². The van der Waals surface area contributed by atoms with Crippen molar-refractivity contribution < 1.29 is 19.1 Å². The molecule has 2 aromatic rings. The lowest BCUT2D eigenvalue weighted by Crippen LogP contribution is -2.40. The second-order valence-corrected chi connectivity index (χ2v) is 7.63. The van der Waals surface area contributed by atoms with Gasteiger partial charge in [-0.1, -0.05) is 11.6 Å². The number of amides is 2. The Hall–Kier alpha value is -2.73. The van der Waals surface area contributed by atoms with Crippen LogP contribution < -0.4 is 20.1 Å². The van der Waals surface area contributed by atoms with Gasteiger partial charge < -0.3 is 20.1 Å². The average Bonchev–Trinajstić information content (AvgIpc) is 2.61. The van der Waals surface area contributed by atoms with Crippen LogP contribution in [-0.4, -0.2) is 30.6 Å². The van der Waals surface area contributed by atoms with Gasteiger partial charge in [0.25, 0.3) is 11.8 Å². The van der Waals surface area contributed by atoms with E-state index in [1.807, 2.05) is 20.8 Å². The highest BCUT2D eigenvalue weighted by molar-refractivity contribution is 6.32. The number of anilines is 1. The van der Waals surface area contributed by atoms with Crippen LogP contribution in [0.1, 0.15) is 41.5 Å². The molecule has 0 radical (unpaired) electrons. The Labute approximate surface area is 162 Å². The molecule has 1 heterocycles. The maximum Gasteiger partial charge on any atom is 0.255 e. The van der Waals surface area contributed by atoms with Gasteiger partial charge in [0.1, 0.15) is 13.2 Å². The zero-order chi connectivity index (χ0) is 19.6. The van der Waals surface area contributed by atoms with E-state index in [2.05, 4.69) is 10.6 Å². The smallest absolute Gasteiger partial charge is 0.255 e. The minimum Gasteiger partial charge on any atom is -0.486 e. The Morgan fingerprint density at radius 3 is 2.30 bits per heavy atom. The van der Waals surface area contributed by atoms with Gasteiger partial charge in [-0.25, -0.2) is 0 Å². The summed E-state index contributed by atoms with van der Waals surface area (Å²) in [7, 11) is 0. The molecule has 2 aromatic carbocycles. The van der Waals surface area contributed by atoms with E-state index < -0.39 is 0 Å². The lowest BCUT2D eigenvalue weighted by Gasteiger charge is -2.20. The second kappa shape index (κ2) is 7.48. The number of hydrogen-bond acceptors (Lipinski definition) is 4. The Morgan fingerprint density at radius 1 is 0.963 bits per heavy atom. The Bertz CT molecular complexity index is 873. The lowest BCUT2D eigenvalue weighted by molar-refractivity contribution is 0.0919. The van der Waals surface area contributed by atoms with Crippen LogP contribution in [0.2, 0.25) is 5.02 Å². The first kappa shape index (κ1) is 19.0. The molecule has 0 aromatic heterocycles. The van der Waals surface area contributed by atoms with Crippen LogP contribution in [0.15, 0.2) is 36.4 Å². The molecule has 0 spiro atoms. The number of carbonyl (C=O) groups is 2. The SMILES string of the molecule is CC(C)(C)NC(=O)c1ccc(NC(=O)c2cc(Cl)c3c(c2)OCCO3)cc1. The zero-order valence-electron chi connectivity index (χ0n) is 15.4. The maximum atomic E-state index is 12.5. The quantitative estimate of drug-likeness (QED) is 0.836. The first-order valence-corrected chi connectivity index (χ1v) is 8.94. The first-order chi connectivity index (χ1) is 12.7. The molecule has 1 aliphatic rings. The number of halogens is 1. The summed E-state index contributed by atoms with van der Waals surface area (Å²) in [6, 6.07) is 9.81. The van der Waals surface area contributed by atoms with Crippen LogP contribution in [0.3, 0.4) is 0 Å². The fraction of sp³-hybridized carbons (Fsp3) is 0.300. The van der Waals surface area contributed by atoms with Crippen molar-refractivity contribution in [3.63, 3.8) is 0 Å². The van der Waals surface area contributed by atoms with Gasteiger partial charge in [-0.3, -0.25) is 9.59 Å². The predicted molar refractivity (Wildman–Crippen MR) is 104 cm³/mol. The average molecular weight is 389 g/mol. The third-order valence-corrected chi connectivity index (χ3v) is 4.03. The van der Waals surface area contributed by atoms with Crippen LogP contribution in [0.5, 0.6) is 11.5 Å². The summed E-state index contributed by atoms with van der Waals surface area (Å²) in [5.74, 6) is 0.404. The van der Waals surface area contributed by atoms with E-state index in [-0.39, 0.29) is 17.4 Å². The highest BCUT2D eigenvalue weighted by atomic mass is 35.5. The standard InChI is InChI=1S/C20H21ClN2O4/c1-20(2,3)23-19(25)12-4-6-14(7-5-12)22-18(24)13-10-15(21)17-16(11-13)26-8-9-27-17/h4-7,10-11H,8-9H2,1-3H3,(H,22,24)(H,23,25). The van der Waals surface area contributed by atoms with Crippen LogP contribution in [0.25, 0.3) is 0 Å². The molecule has 142 valence electrons. The summed E-state index contributed by atoms with van der Waals surface area (Å²) in [4.78, 5) is 24.7. The highest BCUT2D eigenvalue weighted by Crippen LogP contribution is 2.38. The molecule has 0 bridgehead atoms. The molecular formula is C20H21ClN2O4. The molecule has 0 fully saturated rings. The van der Waals surface area contributed by atoms with E-state index in [1.54, 1.807) is 30.3 Å². The van der Waals surface area contributed by atoms with E-state index in [1.165, 1.54) is 6.07 Å². The van der Waals surface area contributed by atoms with Gasteiger partial charge >= 0.3 is 0 Å². The van der Waals surface area contributed by atoms with Gasteiger partial charge in [0.2, 0.25) is 0 Å². The van der Waals surface area contributed by atoms with Crippen molar-refractivity contribution in [2.24, 2.45) is 0 Å². The van der Waals surface area contributed by atoms with E-state index in [9.17, 15) is 9.59 Å². The molecule has 1 aliphatic heterocycles. The van der Waals surface area contributed by atoms with E-state index in [0.717, 1.165) is 0 Å². The number of ether oxygens (including phenoxy) is 2. The Balaban J connectivity index is 1.71. The number of fused-ring (bicyclic) bond motifs is 1. The number of rotatable bonds is 3. The minimum atomic E-state index is -0.333. The van der Waals surface area contributed by atoms with Crippen LogP contribution >= 0.6 is 11.6 Å². The van der Waals surface area contributed by atoms with Gasteiger partial charge in [0, 0.05) is 22.4 Å². The van der Waals surface area contributed by atoms with Crippen LogP contribution in [0.4, 0.5) is 5.69 Å². The second-order valence-electron chi connectivity index (χ2n) is 7.22. The Morgan fingerprint density at radius 2 is 1.63 bits per heavy atom. The van der Waals surface area contributed by atoms with Crippen molar-refractivity contribution in [2.45, 2.75) is 26.3 Å². The topological polar surface area (TPSA) is 76.7 Å². The molecule has 27 heavy (non-hydrogen) atoms. The monoisotopic (exact) mass is 388 g/mol. The van der Waals surface area contributed by atoms with Gasteiger partial charge in [-0.15, -0.1) is 0 Å². The fourth-order valence-corrected chi connectivity index (χ4v) is 2.83. The van der Waals surface area contributed by atoms with Gasteiger partial charge in [-0.2, -0.15) is 0 Å². The van der Waals surface area contributed by atoms with E-state index >= 15 is 0 Å². The van der Waals surface area contributed by atoms with Gasteiger partial charge in [-0.05, 0) is 57.2 Å². The number of hydrogen-bond donors (Lipinski definition) is 2. The van der Waals surface area contributed by atoms with E-state index in [4.69, 9.17) is 21.1 Å². The van der Waals surface area contributed by atoms with Gasteiger partial charge in [0.15, 0.2) is 11.5 Å². The molecule has 2 N–H and O–H groups in total. The molecule has 0 aliphatic carbocycles. The highest BCUT2D eigenvalue weighted by Gasteiger charge is 2.20. The summed E-state index contributed by atoms with van der Waals surface area (Å²) in [6.45, 7) is 6.58. The molecule has 0 unspecified atom stereocenters. The molecule has 7 heteroatoms. The summed E-state index contributed by atoms with van der Waals surface area (Å²) in [5, 5.41) is 6.00. The van der Waals surface area contributed by atoms with Crippen molar-refractivity contribution in [1.82, 2.24) is 5.32 Å². The summed E-state index contributed by atoms with van der Waals surface area (Å²) < 4.78 is 10.9. The summed E-state index contributed by atoms with van der Waals surface area (Å²) >= 11 is 6.17. The molecule has 6 nitrogen and oxygen atoms in total. The molecule has 0 atom stereocenters. The van der Waals surface area contributed by atoms with Crippen molar-refractivity contribution in [3.05, 3.63) is 52.5 Å². The van der Waals surface area contributed by atoms with Crippen molar-refractivity contribution >= 4 is 29.1 Å². The minimum absolute atomic E-state index is 0.168. The largest absolute Gasteiger partial charge is 0.486 e. The molecule has 3 rings (SSSR count). The van der Waals surface area contributed by atoms with Gasteiger partial charge in [0.05, 0.1) is 5.02 Å². The molecular weight excluding hydrogens is 368 g/mol. The Kier molecular flexibility index (Phi) is 5.28. The number of nitrogens with one attached hydrogen (secondary N) is 2. The summed E-state index contributed by atoms with van der Waals surface area (Å²) in [6.07, 6.45) is 0. The third kappa shape index (κ3) is 4.71. The lowest BCUT2D eigenvalue weighted by atomic mass is 10.1. The number of carbonyl (C=O) groups excluding carboxylic acids is 2. The molecule has 2 amide bonds. The predicted octanol–water partition coefficient (Wildman–Crippen LogP) is 3.89. The molecule has 0 saturated heterocycles. The summed E-state index contributed by atoms with van der Waals surface area (Å²) in [5.41, 5.74) is 1.13. The maximum absolute atomic E-state index is 12.5. The van der Waals surface area contributed by atoms with Crippen LogP contribution in [0, 0.1) is 0 Å². The fourth-order valence-electron chi connectivity index (χ4n) is 2.56. The number of benzene rings is 2. The normalized spacial score (nSPS) is 13.0. The van der Waals surface area contributed by atoms with E-state index in [0.29, 0.717) is 46.5 Å². The van der Waals surface area contributed by atoms with Crippen LogP contribution in [-0.2, 0) is 0 Å². The van der Waals surface area contributed by atoms with Crippen molar-refractivity contribution in [1.29, 1.82) is 0 Å². The molecule has 0 saturated carbocycles. The van der Waals surface area contributed by atoms with Crippen molar-refractivity contribution in [3.8, 4) is 11.5 Å². The first-order valence-electron chi connectivity index (χ1n) is 8.56. The zero-order valence-corrected chi connectivity index (χ0v) is 16.1.